The van der Waals surface area contributed by atoms with Gasteiger partial charge in [0.25, 0.3) is 0 Å². The van der Waals surface area contributed by atoms with Crippen LogP contribution in [0.4, 0.5) is 8.78 Å². The van der Waals surface area contributed by atoms with Gasteiger partial charge in [0.1, 0.15) is 6.61 Å². The van der Waals surface area contributed by atoms with Gasteiger partial charge in [-0.3, -0.25) is 4.55 Å². The van der Waals surface area contributed by atoms with E-state index in [1.165, 1.54) is 0 Å². The van der Waals surface area contributed by atoms with E-state index >= 15 is 0 Å². The molecule has 110 valence electrons. The lowest BCUT2D eigenvalue weighted by atomic mass is 9.54. The smallest absolute Gasteiger partial charge is 0.367 e. The van der Waals surface area contributed by atoms with E-state index in [0.717, 1.165) is 38.5 Å². The Bertz CT molecular complexity index is 439. The van der Waals surface area contributed by atoms with Crippen molar-refractivity contribution < 1.29 is 26.5 Å². The lowest BCUT2D eigenvalue weighted by molar-refractivity contribution is -0.185. The predicted molar refractivity (Wildman–Crippen MR) is 63.4 cm³/mol. The molecule has 19 heavy (non-hydrogen) atoms. The van der Waals surface area contributed by atoms with Crippen molar-refractivity contribution in [1.82, 2.24) is 0 Å². The van der Waals surface area contributed by atoms with Crippen molar-refractivity contribution in [2.45, 2.75) is 49.4 Å². The van der Waals surface area contributed by atoms with Crippen molar-refractivity contribution in [1.29, 1.82) is 0 Å². The normalized spacial score (nSPS) is 41.7. The summed E-state index contributed by atoms with van der Waals surface area (Å²) in [5.41, 5.74) is -0.580. The highest BCUT2D eigenvalue weighted by Gasteiger charge is 2.54. The van der Waals surface area contributed by atoms with Gasteiger partial charge in [-0.2, -0.15) is 17.2 Å². The van der Waals surface area contributed by atoms with E-state index < -0.39 is 27.6 Å². The van der Waals surface area contributed by atoms with E-state index in [2.05, 4.69) is 0 Å². The third kappa shape index (κ3) is 2.40. The fourth-order valence-electron chi connectivity index (χ4n) is 4.52. The largest absolute Gasteiger partial charge is 0.392 e. The Morgan fingerprint density at radius 3 is 1.89 bits per heavy atom. The van der Waals surface area contributed by atoms with Gasteiger partial charge in [-0.1, -0.05) is 0 Å². The molecule has 4 saturated carbocycles. The molecule has 7 heteroatoms. The van der Waals surface area contributed by atoms with Crippen molar-refractivity contribution in [3.05, 3.63) is 0 Å². The Morgan fingerprint density at radius 2 is 1.53 bits per heavy atom. The molecule has 0 aromatic heterocycles. The van der Waals surface area contributed by atoms with Crippen LogP contribution in [0.1, 0.15) is 38.5 Å². The summed E-state index contributed by atoms with van der Waals surface area (Å²) in [5.74, 6) is 1.60. The highest BCUT2D eigenvalue weighted by molar-refractivity contribution is 7.86. The highest BCUT2D eigenvalue weighted by atomic mass is 32.2. The maximum absolute atomic E-state index is 13.3. The summed E-state index contributed by atoms with van der Waals surface area (Å²) in [6.07, 6.45) is 5.70. The standard InChI is InChI=1S/C12H18F2O4S/c13-12(14,19(15,16)17)7-18-11-4-8-1-9(5-11)3-10(2-8)6-11/h8-10H,1-7H2,(H,15,16,17). The third-order valence-corrected chi connectivity index (χ3v) is 5.78. The van der Waals surface area contributed by atoms with Crippen LogP contribution in [0.15, 0.2) is 0 Å². The molecule has 0 aliphatic heterocycles. The van der Waals surface area contributed by atoms with Gasteiger partial charge in [-0.25, -0.2) is 0 Å². The number of rotatable bonds is 4. The molecule has 0 radical (unpaired) electrons. The SMILES string of the molecule is O=S(=O)(O)C(F)(F)COC12CC3CC(CC(C3)C1)C2. The fraction of sp³-hybridized carbons (Fsp3) is 1.00. The monoisotopic (exact) mass is 296 g/mol. The second kappa shape index (κ2) is 4.11. The van der Waals surface area contributed by atoms with Crippen LogP contribution >= 0.6 is 0 Å². The first-order valence-corrected chi connectivity index (χ1v) is 8.12. The highest BCUT2D eigenvalue weighted by Crippen LogP contribution is 2.57. The van der Waals surface area contributed by atoms with Crippen LogP contribution in [-0.2, 0) is 14.9 Å². The molecular formula is C12H18F2O4S. The minimum absolute atomic E-state index is 0.533. The summed E-state index contributed by atoms with van der Waals surface area (Å²) in [4.78, 5) is 0. The zero-order valence-electron chi connectivity index (χ0n) is 10.5. The molecule has 0 spiro atoms. The summed E-state index contributed by atoms with van der Waals surface area (Å²) in [5, 5.41) is -4.21. The van der Waals surface area contributed by atoms with Crippen LogP contribution in [0.3, 0.4) is 0 Å². The average molecular weight is 296 g/mol. The Kier molecular flexibility index (Phi) is 2.97. The zero-order valence-corrected chi connectivity index (χ0v) is 11.3. The molecule has 1 N–H and O–H groups in total. The molecule has 0 heterocycles. The first kappa shape index (κ1) is 13.7. The molecule has 4 fully saturated rings. The van der Waals surface area contributed by atoms with Gasteiger partial charge < -0.3 is 4.74 Å². The molecule has 0 amide bonds. The van der Waals surface area contributed by atoms with E-state index in [1.54, 1.807) is 0 Å². The number of halogens is 2. The molecule has 0 unspecified atom stereocenters. The first-order valence-electron chi connectivity index (χ1n) is 6.68. The molecule has 4 rings (SSSR count). The quantitative estimate of drug-likeness (QED) is 0.809. The first-order chi connectivity index (χ1) is 8.69. The molecular weight excluding hydrogens is 278 g/mol. The number of ether oxygens (including phenoxy) is 1. The van der Waals surface area contributed by atoms with Crippen LogP contribution in [0.5, 0.6) is 0 Å². The second-order valence-corrected chi connectivity index (χ2v) is 8.05. The van der Waals surface area contributed by atoms with Gasteiger partial charge in [0, 0.05) is 0 Å². The molecule has 4 bridgehead atoms. The number of hydrogen-bond donors (Lipinski definition) is 1. The summed E-state index contributed by atoms with van der Waals surface area (Å²) in [7, 11) is -5.39. The molecule has 0 atom stereocenters. The molecule has 4 nitrogen and oxygen atoms in total. The number of hydrogen-bond acceptors (Lipinski definition) is 3. The van der Waals surface area contributed by atoms with Crippen molar-refractivity contribution in [2.75, 3.05) is 6.61 Å². The molecule has 4 aliphatic rings. The van der Waals surface area contributed by atoms with Crippen LogP contribution < -0.4 is 0 Å². The van der Waals surface area contributed by atoms with E-state index in [1.807, 2.05) is 0 Å². The van der Waals surface area contributed by atoms with Gasteiger partial charge in [0.05, 0.1) is 5.60 Å². The maximum atomic E-state index is 13.3. The average Bonchev–Trinajstić information content (AvgIpc) is 2.23. The summed E-state index contributed by atoms with van der Waals surface area (Å²) in [6.45, 7) is -1.24. The Labute approximate surface area is 111 Å². The number of alkyl halides is 2. The Morgan fingerprint density at radius 1 is 1.11 bits per heavy atom. The minimum Gasteiger partial charge on any atom is -0.367 e. The Hall–Kier alpha value is -0.270. The van der Waals surface area contributed by atoms with E-state index in [9.17, 15) is 17.2 Å². The van der Waals surface area contributed by atoms with Gasteiger partial charge in [-0.05, 0) is 56.3 Å². The van der Waals surface area contributed by atoms with Crippen molar-refractivity contribution in [3.8, 4) is 0 Å². The van der Waals surface area contributed by atoms with E-state index in [4.69, 9.17) is 9.29 Å². The van der Waals surface area contributed by atoms with Crippen molar-refractivity contribution >= 4 is 10.1 Å². The van der Waals surface area contributed by atoms with Gasteiger partial charge >= 0.3 is 15.4 Å². The van der Waals surface area contributed by atoms with E-state index in [0.29, 0.717) is 17.8 Å². The van der Waals surface area contributed by atoms with Crippen LogP contribution in [0.25, 0.3) is 0 Å². The Balaban J connectivity index is 1.70. The maximum Gasteiger partial charge on any atom is 0.392 e. The van der Waals surface area contributed by atoms with Crippen LogP contribution in [0, 0.1) is 17.8 Å². The summed E-state index contributed by atoms with van der Waals surface area (Å²) in [6, 6.07) is 0. The predicted octanol–water partition coefficient (Wildman–Crippen LogP) is 2.45. The zero-order chi connectivity index (χ0) is 13.9. The summed E-state index contributed by atoms with van der Waals surface area (Å²) >= 11 is 0. The third-order valence-electron chi connectivity index (χ3n) is 4.91. The lowest BCUT2D eigenvalue weighted by Crippen LogP contribution is -2.53. The van der Waals surface area contributed by atoms with Gasteiger partial charge in [0.15, 0.2) is 0 Å². The lowest BCUT2D eigenvalue weighted by Gasteiger charge is -2.56. The van der Waals surface area contributed by atoms with Crippen LogP contribution in [0.2, 0.25) is 0 Å². The molecule has 0 saturated heterocycles. The van der Waals surface area contributed by atoms with E-state index in [-0.39, 0.29) is 0 Å². The minimum atomic E-state index is -5.39. The molecule has 4 aliphatic carbocycles. The van der Waals surface area contributed by atoms with Gasteiger partial charge in [0.2, 0.25) is 0 Å². The topological polar surface area (TPSA) is 63.6 Å². The van der Waals surface area contributed by atoms with Gasteiger partial charge in [-0.15, -0.1) is 0 Å². The van der Waals surface area contributed by atoms with Crippen LogP contribution in [-0.4, -0.2) is 30.4 Å². The fourth-order valence-corrected chi connectivity index (χ4v) is 4.73. The van der Waals surface area contributed by atoms with Crippen molar-refractivity contribution in [2.24, 2.45) is 17.8 Å². The second-order valence-electron chi connectivity index (χ2n) is 6.50. The molecule has 0 aromatic carbocycles. The van der Waals surface area contributed by atoms with Crippen molar-refractivity contribution in [3.63, 3.8) is 0 Å². The summed E-state index contributed by atoms with van der Waals surface area (Å²) < 4.78 is 61.5. The molecule has 0 aromatic rings.